The molecule has 2 unspecified atom stereocenters. The van der Waals surface area contributed by atoms with E-state index in [4.69, 9.17) is 0 Å². The maximum Gasteiger partial charge on any atom is 0.254 e. The van der Waals surface area contributed by atoms with E-state index in [1.54, 1.807) is 24.6 Å². The van der Waals surface area contributed by atoms with E-state index in [9.17, 15) is 14.0 Å². The molecule has 3 aromatic rings. The van der Waals surface area contributed by atoms with Crippen LogP contribution >= 0.6 is 11.8 Å². The number of thioether (sulfide) groups is 1. The Bertz CT molecular complexity index is 1090. The monoisotopic (exact) mass is 455 g/mol. The van der Waals surface area contributed by atoms with Crippen molar-refractivity contribution in [2.24, 2.45) is 13.0 Å². The number of aromatic nitrogens is 3. The highest BCUT2D eigenvalue weighted by Crippen LogP contribution is 2.27. The Morgan fingerprint density at radius 3 is 2.31 bits per heavy atom. The normalized spacial score (nSPS) is 12.9. The Balaban J connectivity index is 1.73. The molecular formula is C23H26FN5O2S. The average molecular weight is 456 g/mol. The van der Waals surface area contributed by atoms with Crippen molar-refractivity contribution in [1.29, 1.82) is 0 Å². The SMILES string of the molecule is CC(Sc1nnc(C(NC(=O)c2ccccc2F)C(C)C)n1C)C(=O)Nc1ccccc1. The van der Waals surface area contributed by atoms with Gasteiger partial charge in [-0.1, -0.05) is 55.9 Å². The topological polar surface area (TPSA) is 88.9 Å². The molecule has 0 aliphatic rings. The lowest BCUT2D eigenvalue weighted by Crippen LogP contribution is -2.34. The number of carbonyl (C=O) groups excluding carboxylic acids is 2. The minimum absolute atomic E-state index is 0.0229. The number of rotatable bonds is 8. The summed E-state index contributed by atoms with van der Waals surface area (Å²) < 4.78 is 15.8. The minimum atomic E-state index is -0.583. The Labute approximate surface area is 190 Å². The molecule has 1 aromatic heterocycles. The summed E-state index contributed by atoms with van der Waals surface area (Å²) in [5.41, 5.74) is 0.695. The second-order valence-corrected chi connectivity index (χ2v) is 9.00. The predicted molar refractivity (Wildman–Crippen MR) is 123 cm³/mol. The van der Waals surface area contributed by atoms with Crippen LogP contribution in [0.1, 0.15) is 43.0 Å². The fourth-order valence-electron chi connectivity index (χ4n) is 3.07. The zero-order valence-corrected chi connectivity index (χ0v) is 19.2. The number of halogens is 1. The van der Waals surface area contributed by atoms with E-state index in [2.05, 4.69) is 20.8 Å². The summed E-state index contributed by atoms with van der Waals surface area (Å²) in [5.74, 6) is -0.748. The van der Waals surface area contributed by atoms with Gasteiger partial charge in [0.2, 0.25) is 5.91 Å². The van der Waals surface area contributed by atoms with Crippen molar-refractivity contribution in [2.45, 2.75) is 37.2 Å². The van der Waals surface area contributed by atoms with Crippen LogP contribution in [0.15, 0.2) is 59.8 Å². The molecular weight excluding hydrogens is 429 g/mol. The van der Waals surface area contributed by atoms with Gasteiger partial charge in [0.25, 0.3) is 5.91 Å². The predicted octanol–water partition coefficient (Wildman–Crippen LogP) is 4.20. The molecule has 0 spiro atoms. The van der Waals surface area contributed by atoms with E-state index >= 15 is 0 Å². The first-order chi connectivity index (χ1) is 15.3. The highest BCUT2D eigenvalue weighted by Gasteiger charge is 2.27. The molecule has 3 rings (SSSR count). The first kappa shape index (κ1) is 23.5. The van der Waals surface area contributed by atoms with Crippen molar-refractivity contribution in [1.82, 2.24) is 20.1 Å². The molecule has 9 heteroatoms. The van der Waals surface area contributed by atoms with Gasteiger partial charge >= 0.3 is 0 Å². The fraction of sp³-hybridized carbons (Fsp3) is 0.304. The molecule has 32 heavy (non-hydrogen) atoms. The number of hydrogen-bond acceptors (Lipinski definition) is 5. The van der Waals surface area contributed by atoms with Gasteiger partial charge < -0.3 is 15.2 Å². The van der Waals surface area contributed by atoms with Gasteiger partial charge in [0.05, 0.1) is 16.9 Å². The van der Waals surface area contributed by atoms with Crippen LogP contribution in [0.25, 0.3) is 0 Å². The maximum absolute atomic E-state index is 14.0. The third-order valence-corrected chi connectivity index (χ3v) is 6.05. The van der Waals surface area contributed by atoms with Crippen molar-refractivity contribution < 1.29 is 14.0 Å². The Morgan fingerprint density at radius 2 is 1.66 bits per heavy atom. The summed E-state index contributed by atoms with van der Waals surface area (Å²) in [6, 6.07) is 14.6. The largest absolute Gasteiger partial charge is 0.342 e. The van der Waals surface area contributed by atoms with E-state index in [1.165, 1.54) is 30.0 Å². The number of nitrogens with zero attached hydrogens (tertiary/aromatic N) is 3. The first-order valence-electron chi connectivity index (χ1n) is 10.2. The molecule has 0 fully saturated rings. The van der Waals surface area contributed by atoms with E-state index < -0.39 is 23.0 Å². The van der Waals surface area contributed by atoms with Crippen molar-refractivity contribution in [3.8, 4) is 0 Å². The van der Waals surface area contributed by atoms with Gasteiger partial charge in [0, 0.05) is 12.7 Å². The highest BCUT2D eigenvalue weighted by atomic mass is 32.2. The van der Waals surface area contributed by atoms with E-state index in [0.717, 1.165) is 5.69 Å². The number of anilines is 1. The zero-order valence-electron chi connectivity index (χ0n) is 18.4. The lowest BCUT2D eigenvalue weighted by molar-refractivity contribution is -0.115. The summed E-state index contributed by atoms with van der Waals surface area (Å²) in [7, 11) is 1.78. The van der Waals surface area contributed by atoms with Crippen LogP contribution in [0.4, 0.5) is 10.1 Å². The quantitative estimate of drug-likeness (QED) is 0.497. The fourth-order valence-corrected chi connectivity index (χ4v) is 3.89. The average Bonchev–Trinajstić information content (AvgIpc) is 3.12. The zero-order chi connectivity index (χ0) is 23.3. The molecule has 0 bridgehead atoms. The maximum atomic E-state index is 14.0. The van der Waals surface area contributed by atoms with Gasteiger partial charge in [-0.05, 0) is 37.1 Å². The van der Waals surface area contributed by atoms with Crippen LogP contribution in [0, 0.1) is 11.7 Å². The van der Waals surface area contributed by atoms with Crippen LogP contribution in [-0.2, 0) is 11.8 Å². The number of amides is 2. The Morgan fingerprint density at radius 1 is 1.00 bits per heavy atom. The van der Waals surface area contributed by atoms with Crippen LogP contribution in [0.3, 0.4) is 0 Å². The number of carbonyl (C=O) groups is 2. The Hall–Kier alpha value is -3.20. The van der Waals surface area contributed by atoms with E-state index in [-0.39, 0.29) is 17.4 Å². The van der Waals surface area contributed by atoms with Crippen LogP contribution in [0.2, 0.25) is 0 Å². The van der Waals surface area contributed by atoms with Crippen LogP contribution < -0.4 is 10.6 Å². The summed E-state index contributed by atoms with van der Waals surface area (Å²) >= 11 is 1.27. The molecule has 2 atom stereocenters. The molecule has 0 aliphatic heterocycles. The summed E-state index contributed by atoms with van der Waals surface area (Å²) in [6.45, 7) is 5.66. The first-order valence-corrected chi connectivity index (χ1v) is 11.1. The van der Waals surface area contributed by atoms with Gasteiger partial charge in [-0.3, -0.25) is 9.59 Å². The molecule has 0 radical (unpaired) electrons. The number of para-hydroxylation sites is 1. The molecule has 1 heterocycles. The van der Waals surface area contributed by atoms with E-state index in [1.807, 2.05) is 44.2 Å². The molecule has 0 saturated heterocycles. The van der Waals surface area contributed by atoms with Crippen molar-refractivity contribution in [2.75, 3.05) is 5.32 Å². The second-order valence-electron chi connectivity index (χ2n) is 7.69. The van der Waals surface area contributed by atoms with Gasteiger partial charge in [-0.2, -0.15) is 0 Å². The van der Waals surface area contributed by atoms with Crippen molar-refractivity contribution in [3.63, 3.8) is 0 Å². The molecule has 2 N–H and O–H groups in total. The molecule has 0 saturated carbocycles. The number of benzene rings is 2. The lowest BCUT2D eigenvalue weighted by atomic mass is 10.0. The molecule has 2 aromatic carbocycles. The molecule has 2 amide bonds. The van der Waals surface area contributed by atoms with Gasteiger partial charge in [-0.15, -0.1) is 10.2 Å². The summed E-state index contributed by atoms with van der Waals surface area (Å²) in [6.07, 6.45) is 0. The molecule has 7 nitrogen and oxygen atoms in total. The smallest absolute Gasteiger partial charge is 0.254 e. The summed E-state index contributed by atoms with van der Waals surface area (Å²) in [4.78, 5) is 25.2. The van der Waals surface area contributed by atoms with Crippen LogP contribution in [0.5, 0.6) is 0 Å². The standard InChI is InChI=1S/C23H26FN5O2S/c1-14(2)19(26-22(31)17-12-8-9-13-18(17)24)20-27-28-23(29(20)4)32-15(3)21(30)25-16-10-6-5-7-11-16/h5-15,19H,1-4H3,(H,25,30)(H,26,31). The van der Waals surface area contributed by atoms with Crippen LogP contribution in [-0.4, -0.2) is 31.8 Å². The lowest BCUT2D eigenvalue weighted by Gasteiger charge is -2.22. The minimum Gasteiger partial charge on any atom is -0.342 e. The number of nitrogens with one attached hydrogen (secondary N) is 2. The van der Waals surface area contributed by atoms with Crippen molar-refractivity contribution in [3.05, 3.63) is 71.8 Å². The molecule has 168 valence electrons. The third kappa shape index (κ3) is 5.53. The third-order valence-electron chi connectivity index (χ3n) is 4.91. The van der Waals surface area contributed by atoms with Gasteiger partial charge in [0.15, 0.2) is 11.0 Å². The van der Waals surface area contributed by atoms with Crippen molar-refractivity contribution >= 4 is 29.3 Å². The molecule has 0 aliphatic carbocycles. The highest BCUT2D eigenvalue weighted by molar-refractivity contribution is 8.00. The van der Waals surface area contributed by atoms with Gasteiger partial charge in [-0.25, -0.2) is 4.39 Å². The Kier molecular flexibility index (Phi) is 7.63. The van der Waals surface area contributed by atoms with Gasteiger partial charge in [0.1, 0.15) is 5.82 Å². The van der Waals surface area contributed by atoms with E-state index in [0.29, 0.717) is 11.0 Å². The summed E-state index contributed by atoms with van der Waals surface area (Å²) in [5, 5.41) is 14.3. The number of hydrogen-bond donors (Lipinski definition) is 2. The second kappa shape index (κ2) is 10.4.